The van der Waals surface area contributed by atoms with Gasteiger partial charge in [0.05, 0.1) is 33.4 Å². The predicted octanol–water partition coefficient (Wildman–Crippen LogP) is 7.10. The Kier molecular flexibility index (Phi) is 11.3. The molecule has 11 nitrogen and oxygen atoms in total. The molecule has 1 amide bonds. The maximum atomic E-state index is 15.7. The molecule has 0 spiro atoms. The van der Waals surface area contributed by atoms with E-state index >= 15 is 4.39 Å². The summed E-state index contributed by atoms with van der Waals surface area (Å²) in [7, 11) is 4.37. The summed E-state index contributed by atoms with van der Waals surface area (Å²) in [6, 6.07) is 14.1. The van der Waals surface area contributed by atoms with E-state index in [-0.39, 0.29) is 52.0 Å². The van der Waals surface area contributed by atoms with Gasteiger partial charge in [-0.2, -0.15) is 4.73 Å². The number of rotatable bonds is 12. The second kappa shape index (κ2) is 15.9. The normalized spacial score (nSPS) is 18.4. The lowest BCUT2D eigenvalue weighted by atomic mass is 9.82. The van der Waals surface area contributed by atoms with Crippen LogP contribution in [-0.2, 0) is 17.7 Å². The first-order valence-electron chi connectivity index (χ1n) is 16.7. The van der Waals surface area contributed by atoms with Crippen molar-refractivity contribution in [3.05, 3.63) is 116 Å². The number of carbonyl (C=O) groups is 2. The van der Waals surface area contributed by atoms with E-state index in [1.165, 1.54) is 56.8 Å². The predicted molar refractivity (Wildman–Crippen MR) is 192 cm³/mol. The number of benzene rings is 3. The third-order valence-corrected chi connectivity index (χ3v) is 10.5. The van der Waals surface area contributed by atoms with Gasteiger partial charge in [-0.15, -0.1) is 0 Å². The molecule has 3 aromatic carbocycles. The first-order valence-corrected chi connectivity index (χ1v) is 17.4. The molecule has 0 saturated carbocycles. The highest BCUT2D eigenvalue weighted by atomic mass is 35.5. The maximum absolute atomic E-state index is 15.7. The summed E-state index contributed by atoms with van der Waals surface area (Å²) in [5.74, 6) is -1.44. The van der Waals surface area contributed by atoms with Crippen molar-refractivity contribution < 1.29 is 42.8 Å². The number of carboxylic acids is 1. The van der Waals surface area contributed by atoms with Crippen LogP contribution in [0.1, 0.15) is 51.4 Å². The Balaban J connectivity index is 1.46. The van der Waals surface area contributed by atoms with Crippen LogP contribution in [0.2, 0.25) is 10.0 Å². The lowest BCUT2D eigenvalue weighted by molar-refractivity contribution is -0.605. The first kappa shape index (κ1) is 37.0. The van der Waals surface area contributed by atoms with Crippen molar-refractivity contribution in [2.24, 2.45) is 5.92 Å². The Hall–Kier alpha value is -4.78. The molecule has 0 unspecified atom stereocenters. The number of pyridine rings is 1. The minimum absolute atomic E-state index is 0.0320. The molecule has 52 heavy (non-hydrogen) atoms. The number of ether oxygens (including phenoxy) is 4. The highest BCUT2D eigenvalue weighted by Crippen LogP contribution is 2.40. The highest BCUT2D eigenvalue weighted by Gasteiger charge is 2.38. The number of amides is 1. The van der Waals surface area contributed by atoms with Gasteiger partial charge in [0.25, 0.3) is 0 Å². The largest absolute Gasteiger partial charge is 0.619 e. The monoisotopic (exact) mass is 753 g/mol. The average molecular weight is 755 g/mol. The molecule has 14 heteroatoms. The van der Waals surface area contributed by atoms with E-state index in [2.05, 4.69) is 4.90 Å². The van der Waals surface area contributed by atoms with Gasteiger partial charge in [0.2, 0.25) is 0 Å². The van der Waals surface area contributed by atoms with Crippen LogP contribution in [-0.4, -0.2) is 69.1 Å². The van der Waals surface area contributed by atoms with Gasteiger partial charge in [-0.25, -0.2) is 14.0 Å². The molecule has 2 atom stereocenters. The Morgan fingerprint density at radius 2 is 1.67 bits per heavy atom. The van der Waals surface area contributed by atoms with E-state index in [4.69, 9.17) is 42.1 Å². The molecular formula is C38H38Cl2FN3O8. The van der Waals surface area contributed by atoms with E-state index in [0.717, 1.165) is 25.9 Å². The molecule has 0 radical (unpaired) electrons. The zero-order valence-corrected chi connectivity index (χ0v) is 30.3. The summed E-state index contributed by atoms with van der Waals surface area (Å²) in [5.41, 5.74) is 1.72. The third kappa shape index (κ3) is 7.69. The summed E-state index contributed by atoms with van der Waals surface area (Å²) in [4.78, 5) is 30.3. The van der Waals surface area contributed by atoms with E-state index < -0.39 is 23.8 Å². The number of carbonyl (C=O) groups excluding carboxylic acids is 1. The summed E-state index contributed by atoms with van der Waals surface area (Å²) < 4.78 is 38.8. The fourth-order valence-electron chi connectivity index (χ4n) is 7.18. The van der Waals surface area contributed by atoms with Gasteiger partial charge in [-0.05, 0) is 85.3 Å². The number of fused-ring (bicyclic) bond motifs is 3. The van der Waals surface area contributed by atoms with Gasteiger partial charge in [-0.3, -0.25) is 9.80 Å². The molecule has 4 aromatic rings. The van der Waals surface area contributed by atoms with Crippen LogP contribution < -0.4 is 23.8 Å². The first-order chi connectivity index (χ1) is 25.0. The van der Waals surface area contributed by atoms with Gasteiger partial charge in [-0.1, -0.05) is 47.5 Å². The smallest absolute Gasteiger partial charge is 0.415 e. The number of hydrogen-bond acceptors (Lipinski definition) is 8. The Labute approximate surface area is 310 Å². The van der Waals surface area contributed by atoms with Crippen molar-refractivity contribution in [1.29, 1.82) is 0 Å². The SMILES string of the molecule is COc1ccc([C@H](Cc2c(Cl)c[n+]([O-])cc2Cl)c2cc(CN(C(=O)O[C@H]3CN4CCC3CC4)c3c(F)cccc3OC)ccc2C(=O)O)cc1OC. The van der Waals surface area contributed by atoms with Gasteiger partial charge in [0.1, 0.15) is 27.6 Å². The van der Waals surface area contributed by atoms with Crippen molar-refractivity contribution in [2.75, 3.05) is 45.9 Å². The number of para-hydroxylation sites is 1. The van der Waals surface area contributed by atoms with Crippen LogP contribution in [0.5, 0.6) is 17.2 Å². The van der Waals surface area contributed by atoms with Crippen molar-refractivity contribution in [2.45, 2.75) is 37.8 Å². The third-order valence-electron chi connectivity index (χ3n) is 9.85. The van der Waals surface area contributed by atoms with Crippen molar-refractivity contribution in [3.63, 3.8) is 0 Å². The highest BCUT2D eigenvalue weighted by molar-refractivity contribution is 6.35. The van der Waals surface area contributed by atoms with Gasteiger partial charge in [0.15, 0.2) is 29.7 Å². The number of carboxylic acid groups (broad SMARTS) is 1. The number of nitrogens with zero attached hydrogens (tertiary/aromatic N) is 3. The van der Waals surface area contributed by atoms with Crippen molar-refractivity contribution in [3.8, 4) is 17.2 Å². The lowest BCUT2D eigenvalue weighted by Gasteiger charge is -2.44. The molecule has 3 aliphatic rings. The van der Waals surface area contributed by atoms with Gasteiger partial charge >= 0.3 is 12.1 Å². The fourth-order valence-corrected chi connectivity index (χ4v) is 7.78. The molecule has 7 rings (SSSR count). The summed E-state index contributed by atoms with van der Waals surface area (Å²) in [6.45, 7) is 2.30. The van der Waals surface area contributed by atoms with Crippen molar-refractivity contribution in [1.82, 2.24) is 4.90 Å². The number of aromatic carboxylic acids is 1. The van der Waals surface area contributed by atoms with Crippen LogP contribution in [0.25, 0.3) is 0 Å². The van der Waals surface area contributed by atoms with E-state index in [1.807, 2.05) is 0 Å². The summed E-state index contributed by atoms with van der Waals surface area (Å²) in [6.07, 6.45) is 3.11. The molecule has 1 aromatic heterocycles. The minimum Gasteiger partial charge on any atom is -0.619 e. The molecular weight excluding hydrogens is 716 g/mol. The van der Waals surface area contributed by atoms with Crippen LogP contribution in [0.3, 0.4) is 0 Å². The van der Waals surface area contributed by atoms with E-state index in [0.29, 0.717) is 45.0 Å². The topological polar surface area (TPSA) is 125 Å². The second-order valence-electron chi connectivity index (χ2n) is 12.8. The second-order valence-corrected chi connectivity index (χ2v) is 13.6. The van der Waals surface area contributed by atoms with Crippen LogP contribution >= 0.6 is 23.2 Å². The number of piperidine rings is 3. The number of methoxy groups -OCH3 is 3. The van der Waals surface area contributed by atoms with E-state index in [1.54, 1.807) is 36.4 Å². The Morgan fingerprint density at radius 3 is 2.29 bits per heavy atom. The molecule has 3 aliphatic heterocycles. The minimum atomic E-state index is -1.20. The zero-order valence-electron chi connectivity index (χ0n) is 28.8. The van der Waals surface area contributed by atoms with Crippen LogP contribution in [0.15, 0.2) is 67.0 Å². The van der Waals surface area contributed by atoms with Crippen LogP contribution in [0, 0.1) is 16.9 Å². The lowest BCUT2D eigenvalue weighted by Crippen LogP contribution is -2.53. The van der Waals surface area contributed by atoms with Gasteiger partial charge in [0, 0.05) is 18.0 Å². The standard InChI is InChI=1S/C38H38Cl2FN3O8/c1-49-32-10-8-24(16-34(32)51-3)26(17-28-29(39)19-43(48)20-30(28)40)27-15-22(7-9-25(27)37(45)46)18-44(36-31(41)5-4-6-33(36)50-2)38(47)52-35-21-42-13-11-23(35)12-14-42/h4-10,15-16,19-20,23,26,35H,11-14,17-18,21H2,1-3H3,(H,45,46)/t26-,35-/m0/s1. The van der Waals surface area contributed by atoms with E-state index in [9.17, 15) is 19.9 Å². The summed E-state index contributed by atoms with van der Waals surface area (Å²) in [5, 5.41) is 22.7. The average Bonchev–Trinajstić information content (AvgIpc) is 3.13. The fraction of sp³-hybridized carbons (Fsp3) is 0.342. The number of anilines is 1. The molecule has 0 aliphatic carbocycles. The van der Waals surface area contributed by atoms with Crippen molar-refractivity contribution >= 4 is 41.0 Å². The molecule has 4 heterocycles. The zero-order chi connectivity index (χ0) is 37.1. The number of hydrogen-bond donors (Lipinski definition) is 1. The number of aromatic nitrogens is 1. The molecule has 1 N–H and O–H groups in total. The maximum Gasteiger partial charge on any atom is 0.415 e. The Bertz CT molecular complexity index is 1950. The molecule has 3 fully saturated rings. The van der Waals surface area contributed by atoms with Gasteiger partial charge < -0.3 is 29.3 Å². The number of halogens is 3. The Morgan fingerprint density at radius 1 is 0.981 bits per heavy atom. The molecule has 274 valence electrons. The molecule has 3 saturated heterocycles. The van der Waals surface area contributed by atoms with Crippen LogP contribution in [0.4, 0.5) is 14.9 Å². The summed E-state index contributed by atoms with van der Waals surface area (Å²) >= 11 is 13.1. The quantitative estimate of drug-likeness (QED) is 0.119. The molecule has 2 bridgehead atoms.